The van der Waals surface area contributed by atoms with Gasteiger partial charge < -0.3 is 10.4 Å². The van der Waals surface area contributed by atoms with Crippen LogP contribution in [0.2, 0.25) is 0 Å². The van der Waals surface area contributed by atoms with E-state index in [2.05, 4.69) is 11.4 Å². The van der Waals surface area contributed by atoms with Crippen LogP contribution in [0.5, 0.6) is 0 Å². The van der Waals surface area contributed by atoms with E-state index in [4.69, 9.17) is 5.26 Å². The summed E-state index contributed by atoms with van der Waals surface area (Å²) in [4.78, 5) is 14.0. The van der Waals surface area contributed by atoms with Crippen molar-refractivity contribution in [3.63, 3.8) is 0 Å². The van der Waals surface area contributed by atoms with Gasteiger partial charge in [0.2, 0.25) is 5.91 Å². The van der Waals surface area contributed by atoms with Crippen molar-refractivity contribution in [3.8, 4) is 6.07 Å². The van der Waals surface area contributed by atoms with Crippen molar-refractivity contribution in [2.75, 3.05) is 18.9 Å². The lowest BCUT2D eigenvalue weighted by Crippen LogP contribution is -2.46. The molecule has 2 N–H and O–H groups in total. The van der Waals surface area contributed by atoms with E-state index in [1.165, 1.54) is 0 Å². The lowest BCUT2D eigenvalue weighted by atomic mass is 9.91. The maximum absolute atomic E-state index is 12.1. The maximum atomic E-state index is 12.1. The highest BCUT2D eigenvalue weighted by Crippen LogP contribution is 2.22. The fourth-order valence-corrected chi connectivity index (χ4v) is 2.83. The Morgan fingerprint density at radius 3 is 2.86 bits per heavy atom. The Morgan fingerprint density at radius 1 is 1.43 bits per heavy atom. The normalized spacial score (nSPS) is 21.8. The van der Waals surface area contributed by atoms with E-state index in [1.807, 2.05) is 11.9 Å². The molecule has 0 aliphatic heterocycles. The molecule has 1 aliphatic rings. The number of para-hydroxylation sites is 1. The number of carbonyl (C=O) groups is 1. The molecule has 0 heterocycles. The molecule has 21 heavy (non-hydrogen) atoms. The zero-order valence-corrected chi connectivity index (χ0v) is 12.2. The third-order valence-corrected chi connectivity index (χ3v) is 3.97. The number of aliphatic hydroxyl groups excluding tert-OH is 1. The molecule has 0 saturated heterocycles. The average molecular weight is 287 g/mol. The molecule has 2 rings (SSSR count). The lowest BCUT2D eigenvalue weighted by Gasteiger charge is -2.34. The first kappa shape index (κ1) is 15.5. The van der Waals surface area contributed by atoms with Gasteiger partial charge >= 0.3 is 0 Å². The van der Waals surface area contributed by atoms with E-state index in [0.717, 1.165) is 25.7 Å². The molecule has 112 valence electrons. The van der Waals surface area contributed by atoms with Crippen LogP contribution < -0.4 is 5.32 Å². The van der Waals surface area contributed by atoms with Gasteiger partial charge in [0.25, 0.3) is 0 Å². The van der Waals surface area contributed by atoms with Gasteiger partial charge in [-0.2, -0.15) is 5.26 Å². The Bertz CT molecular complexity index is 539. The highest BCUT2D eigenvalue weighted by Gasteiger charge is 2.27. The molecule has 0 aromatic heterocycles. The van der Waals surface area contributed by atoms with Gasteiger partial charge in [-0.05, 0) is 32.0 Å². The van der Waals surface area contributed by atoms with Crippen LogP contribution in [0.3, 0.4) is 0 Å². The van der Waals surface area contributed by atoms with Crippen molar-refractivity contribution in [1.29, 1.82) is 5.26 Å². The largest absolute Gasteiger partial charge is 0.391 e. The van der Waals surface area contributed by atoms with Crippen LogP contribution in [0.25, 0.3) is 0 Å². The minimum absolute atomic E-state index is 0.0377. The number of carbonyl (C=O) groups excluding carboxylic acids is 1. The van der Waals surface area contributed by atoms with Crippen molar-refractivity contribution in [1.82, 2.24) is 4.90 Å². The SMILES string of the molecule is CN(CC(=O)Nc1ccccc1C#N)C1CCCCC1O. The predicted molar refractivity (Wildman–Crippen MR) is 80.7 cm³/mol. The fourth-order valence-electron chi connectivity index (χ4n) is 2.83. The smallest absolute Gasteiger partial charge is 0.238 e. The van der Waals surface area contributed by atoms with Crippen LogP contribution in [0.4, 0.5) is 5.69 Å². The van der Waals surface area contributed by atoms with E-state index in [-0.39, 0.29) is 24.6 Å². The molecule has 0 bridgehead atoms. The van der Waals surface area contributed by atoms with Crippen molar-refractivity contribution >= 4 is 11.6 Å². The Labute approximate surface area is 125 Å². The number of rotatable bonds is 4. The highest BCUT2D eigenvalue weighted by molar-refractivity contribution is 5.93. The number of anilines is 1. The first-order chi connectivity index (χ1) is 10.1. The van der Waals surface area contributed by atoms with Crippen molar-refractivity contribution in [3.05, 3.63) is 29.8 Å². The molecule has 1 fully saturated rings. The molecule has 1 aliphatic carbocycles. The lowest BCUT2D eigenvalue weighted by molar-refractivity contribution is -0.118. The number of benzene rings is 1. The van der Waals surface area contributed by atoms with E-state index >= 15 is 0 Å². The molecular weight excluding hydrogens is 266 g/mol. The Hall–Kier alpha value is -1.90. The van der Waals surface area contributed by atoms with Gasteiger partial charge in [0.15, 0.2) is 0 Å². The molecule has 1 saturated carbocycles. The molecule has 1 aromatic carbocycles. The Balaban J connectivity index is 1.93. The minimum Gasteiger partial charge on any atom is -0.391 e. The van der Waals surface area contributed by atoms with Gasteiger partial charge in [-0.25, -0.2) is 0 Å². The third kappa shape index (κ3) is 4.03. The Kier molecular flexibility index (Phi) is 5.32. The number of aliphatic hydroxyl groups is 1. The molecular formula is C16H21N3O2. The number of nitriles is 1. The quantitative estimate of drug-likeness (QED) is 0.884. The molecule has 2 unspecified atom stereocenters. The summed E-state index contributed by atoms with van der Waals surface area (Å²) in [5.41, 5.74) is 0.980. The molecule has 1 aromatic rings. The number of likely N-dealkylation sites (N-methyl/N-ethyl adjacent to an activating group) is 1. The van der Waals surface area contributed by atoms with Crippen LogP contribution >= 0.6 is 0 Å². The number of amides is 1. The van der Waals surface area contributed by atoms with Crippen LogP contribution in [0, 0.1) is 11.3 Å². The van der Waals surface area contributed by atoms with Gasteiger partial charge in [-0.1, -0.05) is 25.0 Å². The van der Waals surface area contributed by atoms with E-state index in [9.17, 15) is 9.90 Å². The molecule has 0 radical (unpaired) electrons. The summed E-state index contributed by atoms with van der Waals surface area (Å²) < 4.78 is 0. The van der Waals surface area contributed by atoms with Gasteiger partial charge in [0, 0.05) is 6.04 Å². The molecule has 5 nitrogen and oxygen atoms in total. The zero-order valence-electron chi connectivity index (χ0n) is 12.2. The summed E-state index contributed by atoms with van der Waals surface area (Å²) in [6.45, 7) is 0.210. The van der Waals surface area contributed by atoms with Crippen molar-refractivity contribution < 1.29 is 9.90 Å². The second-order valence-electron chi connectivity index (χ2n) is 5.54. The van der Waals surface area contributed by atoms with E-state index < -0.39 is 0 Å². The van der Waals surface area contributed by atoms with Gasteiger partial charge in [-0.3, -0.25) is 9.69 Å². The summed E-state index contributed by atoms with van der Waals surface area (Å²) in [6, 6.07) is 9.02. The number of hydrogen-bond acceptors (Lipinski definition) is 4. The topological polar surface area (TPSA) is 76.4 Å². The summed E-state index contributed by atoms with van der Waals surface area (Å²) in [5, 5.41) is 21.8. The third-order valence-electron chi connectivity index (χ3n) is 3.97. The van der Waals surface area contributed by atoms with E-state index in [1.54, 1.807) is 24.3 Å². The van der Waals surface area contributed by atoms with Crippen molar-refractivity contribution in [2.24, 2.45) is 0 Å². The van der Waals surface area contributed by atoms with Crippen LogP contribution in [0.1, 0.15) is 31.2 Å². The summed E-state index contributed by atoms with van der Waals surface area (Å²) in [5.74, 6) is -0.169. The molecule has 2 atom stereocenters. The number of nitrogens with one attached hydrogen (secondary N) is 1. The average Bonchev–Trinajstić information content (AvgIpc) is 2.48. The number of hydrogen-bond donors (Lipinski definition) is 2. The van der Waals surface area contributed by atoms with Crippen LogP contribution in [-0.2, 0) is 4.79 Å². The summed E-state index contributed by atoms with van der Waals surface area (Å²) >= 11 is 0. The van der Waals surface area contributed by atoms with Crippen molar-refractivity contribution in [2.45, 2.75) is 37.8 Å². The van der Waals surface area contributed by atoms with Crippen LogP contribution in [-0.4, -0.2) is 41.7 Å². The standard InChI is InChI=1S/C16H21N3O2/c1-19(14-8-4-5-9-15(14)20)11-16(21)18-13-7-3-2-6-12(13)10-17/h2-3,6-7,14-15,20H,4-5,8-9,11H2,1H3,(H,18,21). The van der Waals surface area contributed by atoms with Crippen LogP contribution in [0.15, 0.2) is 24.3 Å². The second-order valence-corrected chi connectivity index (χ2v) is 5.54. The molecule has 1 amide bonds. The van der Waals surface area contributed by atoms with E-state index in [0.29, 0.717) is 11.3 Å². The molecule has 5 heteroatoms. The Morgan fingerprint density at radius 2 is 2.14 bits per heavy atom. The first-order valence-corrected chi connectivity index (χ1v) is 7.29. The maximum Gasteiger partial charge on any atom is 0.238 e. The minimum atomic E-state index is -0.358. The zero-order chi connectivity index (χ0) is 15.2. The fraction of sp³-hybridized carbons (Fsp3) is 0.500. The van der Waals surface area contributed by atoms with Gasteiger partial charge in [0.1, 0.15) is 6.07 Å². The second kappa shape index (κ2) is 7.21. The predicted octanol–water partition coefficient (Wildman–Crippen LogP) is 1.73. The summed E-state index contributed by atoms with van der Waals surface area (Å²) in [6.07, 6.45) is 3.49. The van der Waals surface area contributed by atoms with Gasteiger partial charge in [0.05, 0.1) is 23.9 Å². The number of nitrogens with zero attached hydrogens (tertiary/aromatic N) is 2. The van der Waals surface area contributed by atoms with Gasteiger partial charge in [-0.15, -0.1) is 0 Å². The molecule has 0 spiro atoms. The summed E-state index contributed by atoms with van der Waals surface area (Å²) in [7, 11) is 1.86. The monoisotopic (exact) mass is 287 g/mol. The first-order valence-electron chi connectivity index (χ1n) is 7.29. The highest BCUT2D eigenvalue weighted by atomic mass is 16.3.